The zero-order chi connectivity index (χ0) is 13.0. The van der Waals surface area contributed by atoms with Crippen molar-refractivity contribution >= 4 is 17.5 Å². The molecule has 0 unspecified atom stereocenters. The van der Waals surface area contributed by atoms with E-state index >= 15 is 0 Å². The molecule has 6 heteroatoms. The Kier molecular flexibility index (Phi) is 3.96. The number of rotatable bonds is 6. The van der Waals surface area contributed by atoms with Crippen LogP contribution in [-0.2, 0) is 4.79 Å². The Morgan fingerprint density at radius 2 is 2.06 bits per heavy atom. The van der Waals surface area contributed by atoms with Crippen molar-refractivity contribution in [1.29, 1.82) is 0 Å². The highest BCUT2D eigenvalue weighted by molar-refractivity contribution is 5.76. The Morgan fingerprint density at radius 3 is 2.67 bits per heavy atom. The smallest absolute Gasteiger partial charge is 0.221 e. The average molecular weight is 249 g/mol. The van der Waals surface area contributed by atoms with Gasteiger partial charge in [-0.3, -0.25) is 4.79 Å². The van der Waals surface area contributed by atoms with Crippen molar-refractivity contribution in [3.8, 4) is 0 Å². The number of nitrogens with one attached hydrogen (secondary N) is 3. The summed E-state index contributed by atoms with van der Waals surface area (Å²) in [5.41, 5.74) is 0. The number of hydrogen-bond acceptors (Lipinski definition) is 5. The van der Waals surface area contributed by atoms with Gasteiger partial charge in [0.1, 0.15) is 17.5 Å². The van der Waals surface area contributed by atoms with Crippen LogP contribution >= 0.6 is 0 Å². The number of carbonyl (C=O) groups excluding carboxylic acids is 1. The Bertz CT molecular complexity index is 430. The van der Waals surface area contributed by atoms with Crippen molar-refractivity contribution in [2.45, 2.75) is 25.2 Å². The predicted molar refractivity (Wildman–Crippen MR) is 70.7 cm³/mol. The van der Waals surface area contributed by atoms with E-state index in [-0.39, 0.29) is 5.91 Å². The van der Waals surface area contributed by atoms with Crippen molar-refractivity contribution in [1.82, 2.24) is 15.3 Å². The molecule has 1 amide bonds. The number of amides is 1. The number of aromatic nitrogens is 2. The molecule has 6 nitrogen and oxygen atoms in total. The van der Waals surface area contributed by atoms with Crippen molar-refractivity contribution in [2.24, 2.45) is 0 Å². The molecule has 0 bridgehead atoms. The third-order valence-electron chi connectivity index (χ3n) is 2.88. The summed E-state index contributed by atoms with van der Waals surface area (Å²) in [7, 11) is 3.48. The van der Waals surface area contributed by atoms with Crippen molar-refractivity contribution in [2.75, 3.05) is 31.3 Å². The first-order valence-corrected chi connectivity index (χ1v) is 6.24. The summed E-state index contributed by atoms with van der Waals surface area (Å²) >= 11 is 0. The van der Waals surface area contributed by atoms with Gasteiger partial charge in [-0.15, -0.1) is 0 Å². The van der Waals surface area contributed by atoms with E-state index in [0.717, 1.165) is 17.5 Å². The molecule has 98 valence electrons. The molecule has 0 atom stereocenters. The van der Waals surface area contributed by atoms with Gasteiger partial charge in [-0.2, -0.15) is 0 Å². The number of anilines is 2. The van der Waals surface area contributed by atoms with E-state index in [2.05, 4.69) is 25.9 Å². The summed E-state index contributed by atoms with van der Waals surface area (Å²) in [6.45, 7) is 0.573. The molecule has 1 aromatic rings. The molecule has 0 aromatic carbocycles. The largest absolute Gasteiger partial charge is 0.373 e. The molecule has 0 aliphatic heterocycles. The fourth-order valence-corrected chi connectivity index (χ4v) is 1.64. The van der Waals surface area contributed by atoms with Gasteiger partial charge in [-0.1, -0.05) is 0 Å². The van der Waals surface area contributed by atoms with E-state index in [1.165, 1.54) is 12.8 Å². The van der Waals surface area contributed by atoms with Crippen LogP contribution in [-0.4, -0.2) is 36.5 Å². The van der Waals surface area contributed by atoms with Crippen LogP contribution in [0.1, 0.15) is 31.0 Å². The normalized spacial score (nSPS) is 14.1. The van der Waals surface area contributed by atoms with Crippen LogP contribution in [0.5, 0.6) is 0 Å². The minimum atomic E-state index is 0.0211. The summed E-state index contributed by atoms with van der Waals surface area (Å²) in [5, 5.41) is 8.78. The lowest BCUT2D eigenvalue weighted by Gasteiger charge is -2.09. The maximum atomic E-state index is 11.1. The summed E-state index contributed by atoms with van der Waals surface area (Å²) in [5.74, 6) is 3.02. The molecule has 0 saturated heterocycles. The van der Waals surface area contributed by atoms with E-state index in [9.17, 15) is 4.79 Å². The third-order valence-corrected chi connectivity index (χ3v) is 2.88. The molecule has 1 heterocycles. The lowest BCUT2D eigenvalue weighted by Crippen LogP contribution is -2.21. The summed E-state index contributed by atoms with van der Waals surface area (Å²) < 4.78 is 0. The summed E-state index contributed by atoms with van der Waals surface area (Å²) in [6.07, 6.45) is 2.78. The van der Waals surface area contributed by atoms with E-state index in [0.29, 0.717) is 18.9 Å². The lowest BCUT2D eigenvalue weighted by molar-refractivity contribution is -0.120. The van der Waals surface area contributed by atoms with Crippen molar-refractivity contribution in [3.63, 3.8) is 0 Å². The van der Waals surface area contributed by atoms with Gasteiger partial charge in [0.2, 0.25) is 5.91 Å². The Balaban J connectivity index is 1.98. The molecule has 2 rings (SSSR count). The van der Waals surface area contributed by atoms with Crippen LogP contribution in [0.2, 0.25) is 0 Å². The predicted octanol–water partition coefficient (Wildman–Crippen LogP) is 0.944. The monoisotopic (exact) mass is 249 g/mol. The first-order valence-electron chi connectivity index (χ1n) is 6.24. The zero-order valence-corrected chi connectivity index (χ0v) is 10.8. The number of hydrogen-bond donors (Lipinski definition) is 3. The third kappa shape index (κ3) is 3.32. The molecule has 18 heavy (non-hydrogen) atoms. The van der Waals surface area contributed by atoms with E-state index in [1.54, 1.807) is 7.05 Å². The quantitative estimate of drug-likeness (QED) is 0.699. The Hall–Kier alpha value is -1.85. The second-order valence-corrected chi connectivity index (χ2v) is 4.37. The van der Waals surface area contributed by atoms with Gasteiger partial charge in [0.15, 0.2) is 0 Å². The SMILES string of the molecule is CNC(=O)CCNc1cc(NC)nc(C2CC2)n1. The Labute approximate surface area is 107 Å². The Morgan fingerprint density at radius 1 is 1.33 bits per heavy atom. The maximum absolute atomic E-state index is 11.1. The average Bonchev–Trinajstić information content (AvgIpc) is 3.22. The van der Waals surface area contributed by atoms with Gasteiger partial charge in [0, 0.05) is 39.0 Å². The molecule has 1 fully saturated rings. The minimum Gasteiger partial charge on any atom is -0.373 e. The fraction of sp³-hybridized carbons (Fsp3) is 0.583. The molecular formula is C12H19N5O. The van der Waals surface area contributed by atoms with Gasteiger partial charge >= 0.3 is 0 Å². The first-order chi connectivity index (χ1) is 8.72. The summed E-state index contributed by atoms with van der Waals surface area (Å²) in [4.78, 5) is 20.0. The van der Waals surface area contributed by atoms with Gasteiger partial charge in [0.05, 0.1) is 0 Å². The van der Waals surface area contributed by atoms with Crippen LogP contribution < -0.4 is 16.0 Å². The highest BCUT2D eigenvalue weighted by Gasteiger charge is 2.27. The van der Waals surface area contributed by atoms with E-state index in [4.69, 9.17) is 0 Å². The van der Waals surface area contributed by atoms with Gasteiger partial charge < -0.3 is 16.0 Å². The van der Waals surface area contributed by atoms with Crippen LogP contribution in [0.3, 0.4) is 0 Å². The van der Waals surface area contributed by atoms with Crippen LogP contribution in [0.15, 0.2) is 6.07 Å². The molecule has 1 aliphatic rings. The molecule has 1 aromatic heterocycles. The number of carbonyl (C=O) groups is 1. The zero-order valence-electron chi connectivity index (χ0n) is 10.8. The second kappa shape index (κ2) is 5.66. The van der Waals surface area contributed by atoms with E-state index < -0.39 is 0 Å². The summed E-state index contributed by atoms with van der Waals surface area (Å²) in [6, 6.07) is 1.86. The van der Waals surface area contributed by atoms with Crippen LogP contribution in [0.25, 0.3) is 0 Å². The maximum Gasteiger partial charge on any atom is 0.221 e. The second-order valence-electron chi connectivity index (χ2n) is 4.37. The van der Waals surface area contributed by atoms with Crippen LogP contribution in [0.4, 0.5) is 11.6 Å². The highest BCUT2D eigenvalue weighted by Crippen LogP contribution is 2.38. The number of nitrogens with zero attached hydrogens (tertiary/aromatic N) is 2. The highest BCUT2D eigenvalue weighted by atomic mass is 16.1. The van der Waals surface area contributed by atoms with Crippen molar-refractivity contribution < 1.29 is 4.79 Å². The molecule has 0 spiro atoms. The minimum absolute atomic E-state index is 0.0211. The molecule has 3 N–H and O–H groups in total. The fourth-order valence-electron chi connectivity index (χ4n) is 1.64. The van der Waals surface area contributed by atoms with Gasteiger partial charge in [0.25, 0.3) is 0 Å². The van der Waals surface area contributed by atoms with Crippen molar-refractivity contribution in [3.05, 3.63) is 11.9 Å². The molecule has 1 saturated carbocycles. The molecule has 1 aliphatic carbocycles. The van der Waals surface area contributed by atoms with Gasteiger partial charge in [-0.25, -0.2) is 9.97 Å². The topological polar surface area (TPSA) is 78.9 Å². The lowest BCUT2D eigenvalue weighted by atomic mass is 10.3. The molecular weight excluding hydrogens is 230 g/mol. The van der Waals surface area contributed by atoms with E-state index in [1.807, 2.05) is 13.1 Å². The van der Waals surface area contributed by atoms with Crippen LogP contribution in [0, 0.1) is 0 Å². The first kappa shape index (κ1) is 12.6. The standard InChI is InChI=1S/C12H19N5O/c1-13-9-7-10(15-6-5-11(18)14-2)17-12(16-9)8-3-4-8/h7-8H,3-6H2,1-2H3,(H,14,18)(H2,13,15,16,17). The van der Waals surface area contributed by atoms with Gasteiger partial charge in [-0.05, 0) is 12.8 Å². The molecule has 0 radical (unpaired) electrons.